The molecule has 9 nitrogen and oxygen atoms in total. The van der Waals surface area contributed by atoms with Gasteiger partial charge in [-0.3, -0.25) is 15.3 Å². The van der Waals surface area contributed by atoms with Crippen molar-refractivity contribution in [3.63, 3.8) is 0 Å². The number of carbonyl (C=O) groups excluding carboxylic acids is 1. The molecular weight excluding hydrogens is 272 g/mol. The molecule has 9 heteroatoms. The van der Waals surface area contributed by atoms with Gasteiger partial charge in [-0.05, 0) is 13.8 Å². The van der Waals surface area contributed by atoms with E-state index >= 15 is 0 Å². The van der Waals surface area contributed by atoms with Crippen LogP contribution in [-0.2, 0) is 4.79 Å². The van der Waals surface area contributed by atoms with Crippen molar-refractivity contribution in [1.82, 2.24) is 25.1 Å². The predicted molar refractivity (Wildman–Crippen MR) is 80.5 cm³/mol. The lowest BCUT2D eigenvalue weighted by Crippen LogP contribution is -2.31. The van der Waals surface area contributed by atoms with E-state index in [9.17, 15) is 4.79 Å². The number of nitrogens with two attached hydrogens (primary N) is 1. The van der Waals surface area contributed by atoms with Gasteiger partial charge in [0.25, 0.3) is 0 Å². The van der Waals surface area contributed by atoms with Crippen LogP contribution < -0.4 is 16.6 Å². The number of amides is 1. The number of nitrogens with one attached hydrogen (secondary N) is 3. The van der Waals surface area contributed by atoms with Gasteiger partial charge in [0.05, 0.1) is 11.6 Å². The number of fused-ring (bicyclic) bond motifs is 1. The highest BCUT2D eigenvalue weighted by molar-refractivity contribution is 5.87. The molecule has 0 saturated carbocycles. The molecule has 0 bridgehead atoms. The van der Waals surface area contributed by atoms with Crippen LogP contribution in [0.15, 0.2) is 6.20 Å². The van der Waals surface area contributed by atoms with Crippen LogP contribution in [0.2, 0.25) is 0 Å². The van der Waals surface area contributed by atoms with E-state index < -0.39 is 0 Å². The summed E-state index contributed by atoms with van der Waals surface area (Å²) in [6, 6.07) is 0. The van der Waals surface area contributed by atoms with Crippen molar-refractivity contribution in [2.45, 2.75) is 20.3 Å². The molecule has 0 spiro atoms. The van der Waals surface area contributed by atoms with Crippen molar-refractivity contribution in [3.05, 3.63) is 6.20 Å². The SMILES string of the molecule is CCN(CC)C(=O)CCNc1nc(NN)nc2[nH]ncc12. The smallest absolute Gasteiger partial charge is 0.241 e. The molecule has 21 heavy (non-hydrogen) atoms. The Labute approximate surface area is 122 Å². The first-order valence-corrected chi connectivity index (χ1v) is 6.89. The van der Waals surface area contributed by atoms with Crippen LogP contribution in [0.5, 0.6) is 0 Å². The maximum atomic E-state index is 11.9. The van der Waals surface area contributed by atoms with E-state index in [1.54, 1.807) is 11.1 Å². The summed E-state index contributed by atoms with van der Waals surface area (Å²) >= 11 is 0. The average molecular weight is 292 g/mol. The summed E-state index contributed by atoms with van der Waals surface area (Å²) < 4.78 is 0. The molecule has 5 N–H and O–H groups in total. The van der Waals surface area contributed by atoms with Gasteiger partial charge >= 0.3 is 0 Å². The first kappa shape index (κ1) is 15.0. The van der Waals surface area contributed by atoms with E-state index in [2.05, 4.69) is 30.9 Å². The minimum Gasteiger partial charge on any atom is -0.369 e. The van der Waals surface area contributed by atoms with Crippen molar-refractivity contribution < 1.29 is 4.79 Å². The zero-order valence-corrected chi connectivity index (χ0v) is 12.2. The highest BCUT2D eigenvalue weighted by Gasteiger charge is 2.11. The molecular formula is C12H20N8O. The van der Waals surface area contributed by atoms with E-state index in [0.29, 0.717) is 24.4 Å². The Balaban J connectivity index is 2.03. The van der Waals surface area contributed by atoms with E-state index in [-0.39, 0.29) is 11.9 Å². The van der Waals surface area contributed by atoms with Gasteiger partial charge in [0.15, 0.2) is 5.65 Å². The minimum absolute atomic E-state index is 0.113. The fourth-order valence-electron chi connectivity index (χ4n) is 2.06. The maximum absolute atomic E-state index is 11.9. The quantitative estimate of drug-likeness (QED) is 0.427. The normalized spacial score (nSPS) is 10.6. The van der Waals surface area contributed by atoms with Gasteiger partial charge in [-0.25, -0.2) is 5.84 Å². The molecule has 1 amide bonds. The van der Waals surface area contributed by atoms with Crippen LogP contribution in [0.3, 0.4) is 0 Å². The third-order valence-corrected chi connectivity index (χ3v) is 3.19. The summed E-state index contributed by atoms with van der Waals surface area (Å²) in [4.78, 5) is 22.1. The molecule has 2 heterocycles. The molecule has 0 aliphatic carbocycles. The first-order valence-electron chi connectivity index (χ1n) is 6.89. The van der Waals surface area contributed by atoms with Crippen LogP contribution in [0.1, 0.15) is 20.3 Å². The Morgan fingerprint density at radius 2 is 2.14 bits per heavy atom. The Kier molecular flexibility index (Phi) is 4.88. The van der Waals surface area contributed by atoms with Crippen molar-refractivity contribution >= 4 is 28.7 Å². The Morgan fingerprint density at radius 3 is 2.81 bits per heavy atom. The number of hydrogen-bond donors (Lipinski definition) is 4. The highest BCUT2D eigenvalue weighted by atomic mass is 16.2. The zero-order valence-electron chi connectivity index (χ0n) is 12.2. The number of nitrogen functional groups attached to an aromatic ring is 1. The van der Waals surface area contributed by atoms with Crippen LogP contribution in [0, 0.1) is 0 Å². The fourth-order valence-corrected chi connectivity index (χ4v) is 2.06. The molecule has 0 saturated heterocycles. The lowest BCUT2D eigenvalue weighted by Gasteiger charge is -2.18. The summed E-state index contributed by atoms with van der Waals surface area (Å²) in [5.41, 5.74) is 2.98. The molecule has 0 aliphatic rings. The number of anilines is 2. The standard InChI is InChI=1S/C12H20N8O/c1-3-20(4-2)9(21)5-6-14-10-8-7-15-19-11(8)17-12(16-10)18-13/h7H,3-6,13H2,1-2H3,(H3,14,15,16,17,18,19). The summed E-state index contributed by atoms with van der Waals surface area (Å²) in [7, 11) is 0. The van der Waals surface area contributed by atoms with Crippen LogP contribution in [0.4, 0.5) is 11.8 Å². The van der Waals surface area contributed by atoms with Crippen LogP contribution >= 0.6 is 0 Å². The van der Waals surface area contributed by atoms with Gasteiger partial charge in [0.1, 0.15) is 5.82 Å². The highest BCUT2D eigenvalue weighted by Crippen LogP contribution is 2.19. The van der Waals surface area contributed by atoms with E-state index in [4.69, 9.17) is 5.84 Å². The summed E-state index contributed by atoms with van der Waals surface area (Å²) in [6.07, 6.45) is 2.03. The number of nitrogens with zero attached hydrogens (tertiary/aromatic N) is 4. The molecule has 114 valence electrons. The second-order valence-corrected chi connectivity index (χ2v) is 4.42. The number of aromatic amines is 1. The molecule has 2 rings (SSSR count). The number of carbonyl (C=O) groups is 1. The topological polar surface area (TPSA) is 125 Å². The van der Waals surface area contributed by atoms with E-state index in [1.165, 1.54) is 0 Å². The Morgan fingerprint density at radius 1 is 1.38 bits per heavy atom. The summed E-state index contributed by atoms with van der Waals surface area (Å²) in [5.74, 6) is 6.32. The third-order valence-electron chi connectivity index (χ3n) is 3.19. The maximum Gasteiger partial charge on any atom is 0.241 e. The first-order chi connectivity index (χ1) is 10.2. The van der Waals surface area contributed by atoms with Gasteiger partial charge in [-0.15, -0.1) is 0 Å². The summed E-state index contributed by atoms with van der Waals surface area (Å²) in [6.45, 7) is 5.85. The van der Waals surface area contributed by atoms with Crippen molar-refractivity contribution in [2.75, 3.05) is 30.4 Å². The predicted octanol–water partition coefficient (Wildman–Crippen LogP) is 0.309. The molecule has 2 aromatic rings. The van der Waals surface area contributed by atoms with Gasteiger partial charge in [0.2, 0.25) is 11.9 Å². The number of hydrogen-bond acceptors (Lipinski definition) is 7. The second kappa shape index (κ2) is 6.84. The number of hydrazine groups is 1. The van der Waals surface area contributed by atoms with Gasteiger partial charge in [0, 0.05) is 26.1 Å². The van der Waals surface area contributed by atoms with Gasteiger partial charge < -0.3 is 10.2 Å². The molecule has 0 radical (unpaired) electrons. The van der Waals surface area contributed by atoms with Crippen molar-refractivity contribution in [3.8, 4) is 0 Å². The third kappa shape index (κ3) is 3.37. The number of rotatable bonds is 7. The molecule has 0 aromatic carbocycles. The molecule has 0 fully saturated rings. The lowest BCUT2D eigenvalue weighted by atomic mass is 10.3. The van der Waals surface area contributed by atoms with E-state index in [1.807, 2.05) is 13.8 Å². The minimum atomic E-state index is 0.113. The number of aromatic nitrogens is 4. The fraction of sp³-hybridized carbons (Fsp3) is 0.500. The van der Waals surface area contributed by atoms with Crippen LogP contribution in [-0.4, -0.2) is 50.6 Å². The monoisotopic (exact) mass is 292 g/mol. The molecule has 0 unspecified atom stereocenters. The van der Waals surface area contributed by atoms with Crippen molar-refractivity contribution in [1.29, 1.82) is 0 Å². The summed E-state index contributed by atoms with van der Waals surface area (Å²) in [5, 5.41) is 10.6. The average Bonchev–Trinajstić information content (AvgIpc) is 2.96. The van der Waals surface area contributed by atoms with Crippen molar-refractivity contribution in [2.24, 2.45) is 5.84 Å². The molecule has 0 aliphatic heterocycles. The molecule has 0 atom stereocenters. The van der Waals surface area contributed by atoms with E-state index in [0.717, 1.165) is 18.5 Å². The Hall–Kier alpha value is -2.42. The Bertz CT molecular complexity index is 606. The largest absolute Gasteiger partial charge is 0.369 e. The van der Waals surface area contributed by atoms with Crippen LogP contribution in [0.25, 0.3) is 11.0 Å². The lowest BCUT2D eigenvalue weighted by molar-refractivity contribution is -0.130. The van der Waals surface area contributed by atoms with Gasteiger partial charge in [-0.1, -0.05) is 0 Å². The van der Waals surface area contributed by atoms with Gasteiger partial charge in [-0.2, -0.15) is 15.1 Å². The molecule has 2 aromatic heterocycles. The number of H-pyrrole nitrogens is 1. The second-order valence-electron chi connectivity index (χ2n) is 4.42. The zero-order chi connectivity index (χ0) is 15.2.